The number of carbonyl (C=O) groups excluding carboxylic acids is 1. The van der Waals surface area contributed by atoms with Gasteiger partial charge in [-0.25, -0.2) is 4.79 Å². The normalized spacial score (nSPS) is 13.7. The van der Waals surface area contributed by atoms with Gasteiger partial charge in [-0.15, -0.1) is 0 Å². The molecule has 130 valence electrons. The van der Waals surface area contributed by atoms with Crippen molar-refractivity contribution in [3.8, 4) is 11.5 Å². The van der Waals surface area contributed by atoms with E-state index in [4.69, 9.17) is 9.47 Å². The topological polar surface area (TPSA) is 79.8 Å². The van der Waals surface area contributed by atoms with Gasteiger partial charge in [0.15, 0.2) is 11.5 Å². The van der Waals surface area contributed by atoms with E-state index in [1.54, 1.807) is 13.0 Å². The Morgan fingerprint density at radius 2 is 1.92 bits per heavy atom. The molecule has 0 aromatic heterocycles. The molecule has 0 unspecified atom stereocenters. The summed E-state index contributed by atoms with van der Waals surface area (Å²) < 4.78 is 10.7. The third kappa shape index (κ3) is 4.74. The molecule has 0 aliphatic carbocycles. The highest BCUT2D eigenvalue weighted by Crippen LogP contribution is 2.33. The Morgan fingerprint density at radius 1 is 1.16 bits per heavy atom. The number of fused-ring (bicyclic) bond motifs is 1. The number of anilines is 1. The molecule has 25 heavy (non-hydrogen) atoms. The predicted molar refractivity (Wildman–Crippen MR) is 96.6 cm³/mol. The summed E-state index contributed by atoms with van der Waals surface area (Å²) in [7, 11) is 0. The van der Waals surface area contributed by atoms with Crippen molar-refractivity contribution < 1.29 is 19.4 Å². The van der Waals surface area contributed by atoms with Crippen LogP contribution in [0.3, 0.4) is 0 Å². The Kier molecular flexibility index (Phi) is 5.20. The van der Waals surface area contributed by atoms with E-state index in [2.05, 4.69) is 10.6 Å². The Morgan fingerprint density at radius 3 is 2.72 bits per heavy atom. The summed E-state index contributed by atoms with van der Waals surface area (Å²) in [4.78, 5) is 11.7. The number of hydrogen-bond acceptors (Lipinski definition) is 4. The van der Waals surface area contributed by atoms with Crippen molar-refractivity contribution >= 4 is 23.9 Å². The lowest BCUT2D eigenvalue weighted by Crippen LogP contribution is -2.34. The van der Waals surface area contributed by atoms with Crippen molar-refractivity contribution in [2.24, 2.45) is 0 Å². The van der Waals surface area contributed by atoms with Crippen LogP contribution in [-0.2, 0) is 0 Å². The molecule has 0 radical (unpaired) electrons. The third-order valence-electron chi connectivity index (χ3n) is 3.57. The lowest BCUT2D eigenvalue weighted by Gasteiger charge is -2.09. The first-order valence-electron chi connectivity index (χ1n) is 8.01. The van der Waals surface area contributed by atoms with Crippen molar-refractivity contribution in [1.29, 1.82) is 0 Å². The van der Waals surface area contributed by atoms with E-state index < -0.39 is 6.10 Å². The largest absolute Gasteiger partial charge is 0.454 e. The number of aliphatic hydroxyl groups is 1. The lowest BCUT2D eigenvalue weighted by atomic mass is 10.1. The highest BCUT2D eigenvalue weighted by Gasteiger charge is 2.12. The Balaban J connectivity index is 1.64. The van der Waals surface area contributed by atoms with Gasteiger partial charge >= 0.3 is 6.03 Å². The summed E-state index contributed by atoms with van der Waals surface area (Å²) in [5.41, 5.74) is 2.62. The van der Waals surface area contributed by atoms with E-state index in [1.807, 2.05) is 48.6 Å². The number of ether oxygens (including phenoxy) is 2. The van der Waals surface area contributed by atoms with E-state index in [1.165, 1.54) is 0 Å². The molecule has 3 N–H and O–H groups in total. The molecular formula is C19H20N2O4. The molecule has 1 heterocycles. The maximum absolute atomic E-state index is 11.7. The number of nitrogens with one attached hydrogen (secondary N) is 2. The number of benzene rings is 2. The molecule has 0 fully saturated rings. The van der Waals surface area contributed by atoms with E-state index in [0.717, 1.165) is 22.6 Å². The van der Waals surface area contributed by atoms with Crippen LogP contribution >= 0.6 is 0 Å². The second-order valence-corrected chi connectivity index (χ2v) is 5.76. The molecule has 3 rings (SSSR count). The molecule has 0 spiro atoms. The maximum Gasteiger partial charge on any atom is 0.319 e. The number of rotatable bonds is 5. The molecule has 0 bridgehead atoms. The summed E-state index contributed by atoms with van der Waals surface area (Å²) in [5, 5.41) is 14.5. The summed E-state index contributed by atoms with van der Waals surface area (Å²) in [6, 6.07) is 12.9. The first-order chi connectivity index (χ1) is 12.1. The number of urea groups is 1. The molecule has 0 saturated carbocycles. The van der Waals surface area contributed by atoms with E-state index in [0.29, 0.717) is 5.69 Å². The van der Waals surface area contributed by atoms with Crippen LogP contribution in [0.5, 0.6) is 11.5 Å². The van der Waals surface area contributed by atoms with Crippen LogP contribution in [-0.4, -0.2) is 30.6 Å². The minimum absolute atomic E-state index is 0.204. The average molecular weight is 340 g/mol. The van der Waals surface area contributed by atoms with Crippen LogP contribution in [0.1, 0.15) is 18.1 Å². The SMILES string of the molecule is C[C@H](O)CNC(=O)Nc1cccc(/C=C/c2ccc3c(c2)OCO3)c1. The Labute approximate surface area is 146 Å². The van der Waals surface area contributed by atoms with Gasteiger partial charge in [0.1, 0.15) is 0 Å². The fourth-order valence-electron chi connectivity index (χ4n) is 2.35. The van der Waals surface area contributed by atoms with Crippen LogP contribution in [0, 0.1) is 0 Å². The Bertz CT molecular complexity index is 787. The molecule has 2 aromatic carbocycles. The standard InChI is InChI=1S/C19H20N2O4/c1-13(22)11-20-19(23)21-16-4-2-3-14(9-16)5-6-15-7-8-17-18(10-15)25-12-24-17/h2-10,13,22H,11-12H2,1H3,(H2,20,21,23)/b6-5+/t13-/m0/s1. The van der Waals surface area contributed by atoms with Gasteiger partial charge in [0.25, 0.3) is 0 Å². The number of carbonyl (C=O) groups is 1. The molecule has 1 atom stereocenters. The van der Waals surface area contributed by atoms with Crippen LogP contribution < -0.4 is 20.1 Å². The molecular weight excluding hydrogens is 320 g/mol. The van der Waals surface area contributed by atoms with E-state index in [9.17, 15) is 9.90 Å². The number of aliphatic hydroxyl groups excluding tert-OH is 1. The molecule has 2 aromatic rings. The molecule has 1 aliphatic rings. The summed E-state index contributed by atoms with van der Waals surface area (Å²) >= 11 is 0. The minimum Gasteiger partial charge on any atom is -0.454 e. The second kappa shape index (κ2) is 7.72. The average Bonchev–Trinajstić information content (AvgIpc) is 3.06. The zero-order chi connectivity index (χ0) is 17.6. The van der Waals surface area contributed by atoms with Crippen molar-refractivity contribution in [3.63, 3.8) is 0 Å². The van der Waals surface area contributed by atoms with Gasteiger partial charge in [0.05, 0.1) is 6.10 Å². The van der Waals surface area contributed by atoms with Gasteiger partial charge in [0.2, 0.25) is 6.79 Å². The number of amides is 2. The van der Waals surface area contributed by atoms with Crippen molar-refractivity contribution in [2.45, 2.75) is 13.0 Å². The molecule has 0 saturated heterocycles. The van der Waals surface area contributed by atoms with Crippen molar-refractivity contribution in [1.82, 2.24) is 5.32 Å². The molecule has 6 nitrogen and oxygen atoms in total. The van der Waals surface area contributed by atoms with Gasteiger partial charge in [-0.3, -0.25) is 0 Å². The van der Waals surface area contributed by atoms with Gasteiger partial charge in [-0.1, -0.05) is 30.4 Å². The monoisotopic (exact) mass is 340 g/mol. The predicted octanol–water partition coefficient (Wildman–Crippen LogP) is 3.09. The summed E-state index contributed by atoms with van der Waals surface area (Å²) in [5.74, 6) is 1.50. The fraction of sp³-hybridized carbons (Fsp3) is 0.211. The van der Waals surface area contributed by atoms with Gasteiger partial charge < -0.3 is 25.2 Å². The van der Waals surface area contributed by atoms with E-state index in [-0.39, 0.29) is 19.4 Å². The van der Waals surface area contributed by atoms with Crippen LogP contribution in [0.2, 0.25) is 0 Å². The van der Waals surface area contributed by atoms with Crippen LogP contribution in [0.25, 0.3) is 12.2 Å². The Hall–Kier alpha value is -2.99. The zero-order valence-electron chi connectivity index (χ0n) is 13.9. The summed E-state index contributed by atoms with van der Waals surface area (Å²) in [6.45, 7) is 2.07. The number of hydrogen-bond donors (Lipinski definition) is 3. The minimum atomic E-state index is -0.582. The third-order valence-corrected chi connectivity index (χ3v) is 3.57. The first-order valence-corrected chi connectivity index (χ1v) is 8.01. The van der Waals surface area contributed by atoms with Crippen LogP contribution in [0.15, 0.2) is 42.5 Å². The van der Waals surface area contributed by atoms with Gasteiger partial charge in [-0.05, 0) is 42.3 Å². The molecule has 2 amide bonds. The molecule has 1 aliphatic heterocycles. The zero-order valence-corrected chi connectivity index (χ0v) is 13.9. The second-order valence-electron chi connectivity index (χ2n) is 5.76. The van der Waals surface area contributed by atoms with E-state index >= 15 is 0 Å². The van der Waals surface area contributed by atoms with Crippen molar-refractivity contribution in [2.75, 3.05) is 18.7 Å². The summed E-state index contributed by atoms with van der Waals surface area (Å²) in [6.07, 6.45) is 3.34. The first kappa shape index (κ1) is 16.9. The quantitative estimate of drug-likeness (QED) is 0.731. The molecule has 6 heteroatoms. The highest BCUT2D eigenvalue weighted by molar-refractivity contribution is 5.89. The van der Waals surface area contributed by atoms with Crippen molar-refractivity contribution in [3.05, 3.63) is 53.6 Å². The smallest absolute Gasteiger partial charge is 0.319 e. The maximum atomic E-state index is 11.7. The lowest BCUT2D eigenvalue weighted by molar-refractivity contribution is 0.174. The highest BCUT2D eigenvalue weighted by atomic mass is 16.7. The van der Waals surface area contributed by atoms with Gasteiger partial charge in [-0.2, -0.15) is 0 Å². The fourth-order valence-corrected chi connectivity index (χ4v) is 2.35. The van der Waals surface area contributed by atoms with Crippen LogP contribution in [0.4, 0.5) is 10.5 Å². The van der Waals surface area contributed by atoms with Gasteiger partial charge in [0, 0.05) is 12.2 Å².